The van der Waals surface area contributed by atoms with Gasteiger partial charge in [0.25, 0.3) is 0 Å². The van der Waals surface area contributed by atoms with E-state index >= 15 is 0 Å². The van der Waals surface area contributed by atoms with Crippen LogP contribution in [-0.2, 0) is 4.74 Å². The van der Waals surface area contributed by atoms with Crippen molar-refractivity contribution in [2.24, 2.45) is 0 Å². The third-order valence-corrected chi connectivity index (χ3v) is 2.12. The first-order chi connectivity index (χ1) is 7.83. The maximum atomic E-state index is 11.5. The zero-order chi connectivity index (χ0) is 13.1. The van der Waals surface area contributed by atoms with Crippen LogP contribution in [0.2, 0.25) is 0 Å². The summed E-state index contributed by atoms with van der Waals surface area (Å²) >= 11 is 0. The van der Waals surface area contributed by atoms with Crippen molar-refractivity contribution in [1.29, 1.82) is 0 Å². The van der Waals surface area contributed by atoms with Gasteiger partial charge in [0.05, 0.1) is 12.7 Å². The monoisotopic (exact) mass is 238 g/mol. The van der Waals surface area contributed by atoms with Gasteiger partial charge in [-0.25, -0.2) is 4.79 Å². The molecule has 0 fully saturated rings. The van der Waals surface area contributed by atoms with Gasteiger partial charge < -0.3 is 14.6 Å². The number of aryl methyl sites for hydroxylation is 1. The van der Waals surface area contributed by atoms with E-state index in [1.807, 2.05) is 13.0 Å². The minimum Gasteiger partial charge on any atom is -0.490 e. The van der Waals surface area contributed by atoms with Crippen molar-refractivity contribution < 1.29 is 19.4 Å². The Hall–Kier alpha value is -1.55. The van der Waals surface area contributed by atoms with Crippen molar-refractivity contribution in [3.63, 3.8) is 0 Å². The zero-order valence-corrected chi connectivity index (χ0v) is 10.6. The van der Waals surface area contributed by atoms with Gasteiger partial charge in [-0.15, -0.1) is 0 Å². The van der Waals surface area contributed by atoms with Gasteiger partial charge in [0, 0.05) is 0 Å². The standard InChI is InChI=1S/C13H18O4/c1-9-5-6-10(12(14)16-4)11(7-9)17-8-13(2,3)15/h5-7,15H,8H2,1-4H3. The Morgan fingerprint density at radius 3 is 2.59 bits per heavy atom. The molecular weight excluding hydrogens is 220 g/mol. The number of esters is 1. The zero-order valence-electron chi connectivity index (χ0n) is 10.6. The molecule has 1 N–H and O–H groups in total. The van der Waals surface area contributed by atoms with Crippen molar-refractivity contribution in [3.05, 3.63) is 29.3 Å². The van der Waals surface area contributed by atoms with Crippen molar-refractivity contribution in [2.75, 3.05) is 13.7 Å². The predicted octanol–water partition coefficient (Wildman–Crippen LogP) is 1.93. The molecule has 0 unspecified atom stereocenters. The lowest BCUT2D eigenvalue weighted by Gasteiger charge is -2.19. The summed E-state index contributed by atoms with van der Waals surface area (Å²) in [6.07, 6.45) is 0. The predicted molar refractivity (Wildman–Crippen MR) is 64.3 cm³/mol. The lowest BCUT2D eigenvalue weighted by molar-refractivity contribution is 0.0272. The molecule has 0 aliphatic carbocycles. The Kier molecular flexibility index (Phi) is 4.12. The van der Waals surface area contributed by atoms with Crippen LogP contribution in [0.25, 0.3) is 0 Å². The van der Waals surface area contributed by atoms with Gasteiger partial charge in [-0.1, -0.05) is 6.07 Å². The number of benzene rings is 1. The maximum absolute atomic E-state index is 11.5. The fourth-order valence-corrected chi connectivity index (χ4v) is 1.28. The van der Waals surface area contributed by atoms with Gasteiger partial charge in [-0.3, -0.25) is 0 Å². The second-order valence-corrected chi connectivity index (χ2v) is 4.59. The van der Waals surface area contributed by atoms with Gasteiger partial charge in [-0.2, -0.15) is 0 Å². The molecule has 17 heavy (non-hydrogen) atoms. The minimum absolute atomic E-state index is 0.112. The van der Waals surface area contributed by atoms with Crippen LogP contribution in [0.1, 0.15) is 29.8 Å². The molecule has 0 saturated carbocycles. The summed E-state index contributed by atoms with van der Waals surface area (Å²) in [4.78, 5) is 11.5. The lowest BCUT2D eigenvalue weighted by Crippen LogP contribution is -2.28. The number of methoxy groups -OCH3 is 1. The largest absolute Gasteiger partial charge is 0.490 e. The molecule has 1 aromatic rings. The first-order valence-electron chi connectivity index (χ1n) is 5.37. The highest BCUT2D eigenvalue weighted by Crippen LogP contribution is 2.22. The van der Waals surface area contributed by atoms with E-state index in [1.54, 1.807) is 26.0 Å². The third kappa shape index (κ3) is 4.07. The normalized spacial score (nSPS) is 11.1. The molecule has 0 heterocycles. The van der Waals surface area contributed by atoms with Gasteiger partial charge in [0.2, 0.25) is 0 Å². The van der Waals surface area contributed by atoms with E-state index in [0.717, 1.165) is 5.56 Å². The van der Waals surface area contributed by atoms with Crippen molar-refractivity contribution in [2.45, 2.75) is 26.4 Å². The molecule has 0 bridgehead atoms. The van der Waals surface area contributed by atoms with Crippen molar-refractivity contribution in [1.82, 2.24) is 0 Å². The molecule has 4 nitrogen and oxygen atoms in total. The Morgan fingerprint density at radius 1 is 1.41 bits per heavy atom. The van der Waals surface area contributed by atoms with Crippen molar-refractivity contribution in [3.8, 4) is 5.75 Å². The highest BCUT2D eigenvalue weighted by atomic mass is 16.5. The molecule has 1 aromatic carbocycles. The summed E-state index contributed by atoms with van der Waals surface area (Å²) < 4.78 is 10.1. The number of hydrogen-bond donors (Lipinski definition) is 1. The van der Waals surface area contributed by atoms with Crippen LogP contribution in [-0.4, -0.2) is 30.4 Å². The van der Waals surface area contributed by atoms with Crippen LogP contribution in [0.3, 0.4) is 0 Å². The molecule has 0 atom stereocenters. The highest BCUT2D eigenvalue weighted by Gasteiger charge is 2.17. The molecule has 94 valence electrons. The Morgan fingerprint density at radius 2 is 2.06 bits per heavy atom. The molecule has 1 rings (SSSR count). The number of carbonyl (C=O) groups excluding carboxylic acids is 1. The van der Waals surface area contributed by atoms with E-state index in [2.05, 4.69) is 4.74 Å². The fourth-order valence-electron chi connectivity index (χ4n) is 1.28. The first-order valence-corrected chi connectivity index (χ1v) is 5.37. The summed E-state index contributed by atoms with van der Waals surface area (Å²) in [5.41, 5.74) is 0.391. The van der Waals surface area contributed by atoms with Crippen LogP contribution in [0.5, 0.6) is 5.75 Å². The molecule has 0 radical (unpaired) electrons. The average molecular weight is 238 g/mol. The molecular formula is C13H18O4. The summed E-state index contributed by atoms with van der Waals surface area (Å²) in [7, 11) is 1.32. The van der Waals surface area contributed by atoms with Crippen LogP contribution < -0.4 is 4.74 Å². The van der Waals surface area contributed by atoms with E-state index < -0.39 is 11.6 Å². The van der Waals surface area contributed by atoms with Gasteiger partial charge in [0.1, 0.15) is 17.9 Å². The molecule has 0 saturated heterocycles. The van der Waals surface area contributed by atoms with E-state index in [0.29, 0.717) is 11.3 Å². The lowest BCUT2D eigenvalue weighted by atomic mass is 10.1. The molecule has 0 aromatic heterocycles. The number of rotatable bonds is 4. The summed E-state index contributed by atoms with van der Waals surface area (Å²) in [5.74, 6) is -0.0188. The molecule has 0 aliphatic rings. The van der Waals surface area contributed by atoms with Crippen LogP contribution in [0, 0.1) is 6.92 Å². The number of carbonyl (C=O) groups is 1. The molecule has 0 amide bonds. The van der Waals surface area contributed by atoms with Gasteiger partial charge >= 0.3 is 5.97 Å². The second-order valence-electron chi connectivity index (χ2n) is 4.59. The fraction of sp³-hybridized carbons (Fsp3) is 0.462. The first kappa shape index (κ1) is 13.5. The molecule has 4 heteroatoms. The van der Waals surface area contributed by atoms with Gasteiger partial charge in [0.15, 0.2) is 0 Å². The smallest absolute Gasteiger partial charge is 0.341 e. The average Bonchev–Trinajstić information content (AvgIpc) is 2.24. The van der Waals surface area contributed by atoms with Gasteiger partial charge in [-0.05, 0) is 38.5 Å². The number of ether oxygens (including phenoxy) is 2. The van der Waals surface area contributed by atoms with Crippen LogP contribution in [0.15, 0.2) is 18.2 Å². The maximum Gasteiger partial charge on any atom is 0.341 e. The van der Waals surface area contributed by atoms with Crippen LogP contribution in [0.4, 0.5) is 0 Å². The van der Waals surface area contributed by atoms with E-state index in [1.165, 1.54) is 7.11 Å². The van der Waals surface area contributed by atoms with E-state index in [9.17, 15) is 9.90 Å². The molecule has 0 aliphatic heterocycles. The Balaban J connectivity index is 2.95. The topological polar surface area (TPSA) is 55.8 Å². The summed E-state index contributed by atoms with van der Waals surface area (Å²) in [6, 6.07) is 5.21. The second kappa shape index (κ2) is 5.19. The minimum atomic E-state index is -0.947. The van der Waals surface area contributed by atoms with E-state index in [4.69, 9.17) is 4.74 Å². The quantitative estimate of drug-likeness (QED) is 0.814. The third-order valence-electron chi connectivity index (χ3n) is 2.12. The summed E-state index contributed by atoms with van der Waals surface area (Å²) in [6.45, 7) is 5.29. The number of aliphatic hydroxyl groups is 1. The summed E-state index contributed by atoms with van der Waals surface area (Å²) in [5, 5.41) is 9.59. The SMILES string of the molecule is COC(=O)c1ccc(C)cc1OCC(C)(C)O. The molecule has 0 spiro atoms. The Labute approximate surface area is 101 Å². The van der Waals surface area contributed by atoms with E-state index in [-0.39, 0.29) is 6.61 Å². The number of hydrogen-bond acceptors (Lipinski definition) is 4. The highest BCUT2D eigenvalue weighted by molar-refractivity contribution is 5.92. The Bertz CT molecular complexity index is 404. The van der Waals surface area contributed by atoms with Crippen molar-refractivity contribution >= 4 is 5.97 Å². The van der Waals surface area contributed by atoms with Crippen LogP contribution >= 0.6 is 0 Å².